The van der Waals surface area contributed by atoms with Crippen LogP contribution in [0.4, 0.5) is 14.4 Å². The first-order valence-electron chi connectivity index (χ1n) is 11.4. The van der Waals surface area contributed by atoms with Gasteiger partial charge in [0.2, 0.25) is 0 Å². The predicted molar refractivity (Wildman–Crippen MR) is 160 cm³/mol. The lowest BCUT2D eigenvalue weighted by Gasteiger charge is -2.20. The van der Waals surface area contributed by atoms with Crippen molar-refractivity contribution in [2.75, 3.05) is 0 Å². The molecule has 11 heteroatoms. The van der Waals surface area contributed by atoms with Crippen LogP contribution in [-0.2, 0) is 18.9 Å². The number of ether oxygens (including phenoxy) is 5. The van der Waals surface area contributed by atoms with Crippen LogP contribution in [-0.4, -0.2) is 40.4 Å². The van der Waals surface area contributed by atoms with Gasteiger partial charge in [0.1, 0.15) is 28.3 Å². The lowest BCUT2D eigenvalue weighted by atomic mass is 10.2. The Morgan fingerprint density at radius 3 is 1.32 bits per heavy atom. The van der Waals surface area contributed by atoms with Crippen LogP contribution in [0.2, 0.25) is 0 Å². The number of carbonyl (C=O) groups is 3. The minimum Gasteiger partial charge on any atom is -0.507 e. The first kappa shape index (κ1) is 35.7. The number of rotatable bonds is 1. The maximum Gasteiger partial charge on any atom is 0.519 e. The van der Waals surface area contributed by atoms with E-state index in [9.17, 15) is 14.4 Å². The number of phenols is 1. The van der Waals surface area contributed by atoms with Crippen molar-refractivity contribution in [1.29, 1.82) is 0 Å². The molecule has 2 aromatic rings. The van der Waals surface area contributed by atoms with Gasteiger partial charge in [0, 0.05) is 0 Å². The monoisotopic (exact) mass is 758 g/mol. The Kier molecular flexibility index (Phi) is 15.0. The van der Waals surface area contributed by atoms with Crippen LogP contribution in [0.15, 0.2) is 48.5 Å². The molecule has 38 heavy (non-hydrogen) atoms. The molecule has 0 heterocycles. The summed E-state index contributed by atoms with van der Waals surface area (Å²) in [6, 6.07) is 14.5. The van der Waals surface area contributed by atoms with E-state index in [1.165, 1.54) is 0 Å². The highest BCUT2D eigenvalue weighted by Gasteiger charge is 2.24. The largest absolute Gasteiger partial charge is 0.519 e. The average molecular weight is 758 g/mol. The second-order valence-corrected chi connectivity index (χ2v) is 12.8. The van der Waals surface area contributed by atoms with E-state index in [1.807, 2.05) is 30.3 Å². The molecule has 0 aliphatic heterocycles. The minimum absolute atomic E-state index is 0.355. The summed E-state index contributed by atoms with van der Waals surface area (Å²) in [5.41, 5.74) is -1.92. The summed E-state index contributed by atoms with van der Waals surface area (Å²) in [5.74, 6) is 0.875. The van der Waals surface area contributed by atoms with Gasteiger partial charge in [0.15, 0.2) is 0 Å². The molecule has 212 valence electrons. The quantitative estimate of drug-likeness (QED) is 0.101. The number of hydrogen-bond acceptors (Lipinski definition) is 9. The second-order valence-electron chi connectivity index (χ2n) is 10.5. The van der Waals surface area contributed by atoms with Gasteiger partial charge in [-0.3, -0.25) is 0 Å². The van der Waals surface area contributed by atoms with Gasteiger partial charge in [-0.1, -0.05) is 24.3 Å². The van der Waals surface area contributed by atoms with Crippen molar-refractivity contribution in [3.8, 4) is 11.5 Å². The molecule has 2 aromatic carbocycles. The summed E-state index contributed by atoms with van der Waals surface area (Å²) in [5, 5.41) is 8.91. The normalized spacial score (nSPS) is 10.9. The van der Waals surface area contributed by atoms with E-state index in [0.29, 0.717) is 11.5 Å². The van der Waals surface area contributed by atoms with Crippen molar-refractivity contribution in [1.82, 2.24) is 0 Å². The number of phenolic OH excluding ortho intramolecular Hbond substituents is 1. The van der Waals surface area contributed by atoms with E-state index in [0.717, 1.165) is 7.14 Å². The second kappa shape index (κ2) is 16.0. The summed E-state index contributed by atoms with van der Waals surface area (Å²) in [6.45, 7) is 15.4. The Bertz CT molecular complexity index is 1000. The van der Waals surface area contributed by atoms with Gasteiger partial charge in [-0.25, -0.2) is 14.4 Å². The van der Waals surface area contributed by atoms with Crippen molar-refractivity contribution in [2.24, 2.45) is 0 Å². The molecule has 0 aliphatic rings. The van der Waals surface area contributed by atoms with Gasteiger partial charge in [-0.2, -0.15) is 0 Å². The predicted octanol–water partition coefficient (Wildman–Crippen LogP) is 8.48. The summed E-state index contributed by atoms with van der Waals surface area (Å²) in [6.07, 6.45) is -2.79. The fraction of sp³-hybridized carbons (Fsp3) is 0.444. The van der Waals surface area contributed by atoms with Gasteiger partial charge >= 0.3 is 18.5 Å². The first-order chi connectivity index (χ1) is 17.2. The Morgan fingerprint density at radius 2 is 0.974 bits per heavy atom. The minimum atomic E-state index is -1.06. The van der Waals surface area contributed by atoms with Crippen molar-refractivity contribution < 1.29 is 43.2 Å². The van der Waals surface area contributed by atoms with Gasteiger partial charge in [-0.15, -0.1) is 0 Å². The van der Waals surface area contributed by atoms with Gasteiger partial charge in [-0.05, 0) is 132 Å². The van der Waals surface area contributed by atoms with Crippen LogP contribution in [0.25, 0.3) is 0 Å². The van der Waals surface area contributed by atoms with E-state index >= 15 is 0 Å². The van der Waals surface area contributed by atoms with E-state index in [4.69, 9.17) is 24.1 Å². The first-order valence-corrected chi connectivity index (χ1v) is 13.6. The third kappa shape index (κ3) is 19.8. The SMILES string of the molecule is CC(C)(C)OC(=O)OC(=O)OC(C)(C)C.CC(C)(C)OC(=O)Oc1ccccc1I.Oc1ccccc1I. The number of hydrogen-bond donors (Lipinski definition) is 1. The Labute approximate surface area is 251 Å². The van der Waals surface area contributed by atoms with Crippen LogP contribution < -0.4 is 4.74 Å². The van der Waals surface area contributed by atoms with E-state index in [1.54, 1.807) is 80.5 Å². The molecule has 0 aromatic heterocycles. The van der Waals surface area contributed by atoms with E-state index in [2.05, 4.69) is 49.9 Å². The molecule has 0 amide bonds. The van der Waals surface area contributed by atoms with E-state index in [-0.39, 0.29) is 0 Å². The number of aromatic hydroxyl groups is 1. The number of para-hydroxylation sites is 2. The summed E-state index contributed by atoms with van der Waals surface area (Å²) in [4.78, 5) is 33.4. The molecule has 0 aliphatic carbocycles. The highest BCUT2D eigenvalue weighted by Crippen LogP contribution is 2.21. The highest BCUT2D eigenvalue weighted by atomic mass is 127. The van der Waals surface area contributed by atoms with Crippen molar-refractivity contribution >= 4 is 63.6 Å². The number of benzene rings is 2. The molecule has 0 radical (unpaired) electrons. The smallest absolute Gasteiger partial charge is 0.507 e. The lowest BCUT2D eigenvalue weighted by molar-refractivity contribution is -0.0294. The zero-order valence-electron chi connectivity index (χ0n) is 23.1. The molecule has 9 nitrogen and oxygen atoms in total. The molecular weight excluding hydrogens is 722 g/mol. The third-order valence-electron chi connectivity index (χ3n) is 3.22. The highest BCUT2D eigenvalue weighted by molar-refractivity contribution is 14.1. The van der Waals surface area contributed by atoms with Crippen LogP contribution in [0.5, 0.6) is 11.5 Å². The van der Waals surface area contributed by atoms with Crippen LogP contribution in [0.3, 0.4) is 0 Å². The van der Waals surface area contributed by atoms with E-state index < -0.39 is 35.3 Å². The molecule has 0 spiro atoms. The maximum atomic E-state index is 11.3. The maximum absolute atomic E-state index is 11.3. The lowest BCUT2D eigenvalue weighted by Crippen LogP contribution is -2.29. The molecule has 2 rings (SSSR count). The molecule has 0 bridgehead atoms. The van der Waals surface area contributed by atoms with Crippen LogP contribution >= 0.6 is 45.2 Å². The van der Waals surface area contributed by atoms with Crippen LogP contribution in [0.1, 0.15) is 62.3 Å². The van der Waals surface area contributed by atoms with Gasteiger partial charge in [0.05, 0.1) is 7.14 Å². The van der Waals surface area contributed by atoms with Crippen molar-refractivity contribution in [3.63, 3.8) is 0 Å². The Hall–Kier alpha value is -2.29. The van der Waals surface area contributed by atoms with Crippen LogP contribution in [0, 0.1) is 7.14 Å². The Morgan fingerprint density at radius 1 is 0.605 bits per heavy atom. The summed E-state index contributed by atoms with van der Waals surface area (Å²) < 4.78 is 25.7. The fourth-order valence-corrected chi connectivity index (χ4v) is 2.83. The molecule has 0 fully saturated rings. The van der Waals surface area contributed by atoms with Crippen molar-refractivity contribution in [3.05, 3.63) is 55.7 Å². The molecular formula is C27H36I2O9. The summed E-state index contributed by atoms with van der Waals surface area (Å²) in [7, 11) is 0. The zero-order valence-corrected chi connectivity index (χ0v) is 27.4. The molecule has 1 N–H and O–H groups in total. The standard InChI is InChI=1S/C11H13IO3.C10H18O5.C6H5IO/c1-11(2,3)15-10(13)14-9-7-5-4-6-8(9)12;1-9(2,3)14-7(11)13-8(12)15-10(4,5)6;7-5-3-1-2-4-6(5)8/h4-7H,1-3H3;1-6H3;1-4,8H. The third-order valence-corrected chi connectivity index (χ3v) is 5.02. The number of halogens is 2. The summed E-state index contributed by atoms with van der Waals surface area (Å²) >= 11 is 4.17. The average Bonchev–Trinajstić information content (AvgIpc) is 2.68. The zero-order chi connectivity index (χ0) is 29.7. The van der Waals surface area contributed by atoms with Crippen molar-refractivity contribution in [2.45, 2.75) is 79.1 Å². The Balaban J connectivity index is 0.000000565. The van der Waals surface area contributed by atoms with Gasteiger partial charge in [0.25, 0.3) is 0 Å². The van der Waals surface area contributed by atoms with Gasteiger partial charge < -0.3 is 28.8 Å². The molecule has 0 unspecified atom stereocenters. The fourth-order valence-electron chi connectivity index (χ4n) is 1.95. The number of carbonyl (C=O) groups excluding carboxylic acids is 3. The molecule has 0 saturated carbocycles. The topological polar surface area (TPSA) is 118 Å². The molecule has 0 atom stereocenters. The molecule has 0 saturated heterocycles.